The van der Waals surface area contributed by atoms with Crippen molar-refractivity contribution in [1.29, 1.82) is 0 Å². The number of carbonyl (C=O) groups is 3. The molecule has 4 aliphatic carbocycles. The molecule has 31 aromatic carbocycles. The maximum Gasteiger partial charge on any atom is 0.353 e. The van der Waals surface area contributed by atoms with Gasteiger partial charge >= 0.3 is 17.9 Å². The average Bonchev–Trinajstić information content (AvgIpc) is 1.37. The Morgan fingerprint density at radius 1 is 0.309 bits per heavy atom. The van der Waals surface area contributed by atoms with E-state index in [9.17, 15) is 9.59 Å². The molecule has 0 N–H and O–H groups in total. The van der Waals surface area contributed by atoms with Crippen LogP contribution in [0.5, 0.6) is 0 Å². The molecule has 7 nitrogen and oxygen atoms in total. The van der Waals surface area contributed by atoms with Gasteiger partial charge in [0.2, 0.25) is 0 Å². The molecule has 0 atom stereocenters. The first-order valence-electron chi connectivity index (χ1n) is 33.5. The summed E-state index contributed by atoms with van der Waals surface area (Å²) in [4.78, 5) is 49.3. The first-order valence-corrected chi connectivity index (χ1v) is 33.5. The van der Waals surface area contributed by atoms with Crippen molar-refractivity contribution in [3.63, 3.8) is 0 Å². The highest BCUT2D eigenvalue weighted by Gasteiger charge is 2.82. The van der Waals surface area contributed by atoms with Crippen molar-refractivity contribution in [2.45, 2.75) is 36.0 Å². The van der Waals surface area contributed by atoms with Crippen molar-refractivity contribution in [1.82, 2.24) is 0 Å². The molecule has 0 fully saturated rings. The maximum atomic E-state index is 17.7. The van der Waals surface area contributed by atoms with Gasteiger partial charge in [0.15, 0.2) is 0 Å². The lowest BCUT2D eigenvalue weighted by molar-refractivity contribution is -0.153. The first-order chi connectivity index (χ1) is 46.5. The number of methoxy groups -OCH3 is 1. The summed E-state index contributed by atoms with van der Waals surface area (Å²) in [5.41, 5.74) is 6.04. The molecular formula is C87H23NO6. The van der Waals surface area contributed by atoms with Crippen molar-refractivity contribution < 1.29 is 28.6 Å². The van der Waals surface area contributed by atoms with Crippen LogP contribution in [-0.4, -0.2) is 30.7 Å². The zero-order chi connectivity index (χ0) is 58.5. The molecule has 1 heterocycles. The molecule has 7 heteroatoms. The SMILES string of the molecule is COC(=O)CC(=O)OCc1cccc(COC(=O)C2=NC(c3ccccc3)(c3ccccc3)C34c5c6c7c8c9c%10c(c%11c%12c3c3c5c5c%13c6c6c7c7c9c9c%14c%10c%10c%11c%11c%12c%12c3c3c5c5c%13c%13c6c6c7c9c7c9c%14c%10c%10c%11c%11c%12c3c3c5c5c%13c6c7c6c9c%10c%11c3c56)C284)c1. The lowest BCUT2D eigenvalue weighted by Crippen LogP contribution is -2.62. The summed E-state index contributed by atoms with van der Waals surface area (Å²) in [7, 11) is 1.26. The van der Waals surface area contributed by atoms with Gasteiger partial charge in [-0.15, -0.1) is 0 Å². The number of hydrogen-bond donors (Lipinski definition) is 0. The zero-order valence-corrected chi connectivity index (χ0v) is 48.6. The number of ether oxygens (including phenoxy) is 3. The molecule has 0 saturated carbocycles. The number of benzene rings is 21. The summed E-state index contributed by atoms with van der Waals surface area (Å²) in [6, 6.07) is 30.4. The van der Waals surface area contributed by atoms with Crippen LogP contribution in [-0.2, 0) is 58.2 Å². The zero-order valence-electron chi connectivity index (χ0n) is 48.6. The Bertz CT molecular complexity index is 8580. The summed E-state index contributed by atoms with van der Waals surface area (Å²) in [6.07, 6.45) is -0.474. The van der Waals surface area contributed by atoms with E-state index >= 15 is 4.79 Å². The van der Waals surface area contributed by atoms with E-state index in [2.05, 4.69) is 60.7 Å². The number of hydrogen-bond acceptors (Lipinski definition) is 7. The van der Waals surface area contributed by atoms with Crippen molar-refractivity contribution in [3.8, 4) is 0 Å². The molecule has 0 bridgehead atoms. The van der Waals surface area contributed by atoms with Gasteiger partial charge in [-0.2, -0.15) is 0 Å². The second kappa shape index (κ2) is 10.3. The molecule has 2 spiro atoms. The molecule has 0 saturated heterocycles. The third kappa shape index (κ3) is 2.61. The van der Waals surface area contributed by atoms with Gasteiger partial charge in [0.1, 0.15) is 30.9 Å². The predicted molar refractivity (Wildman–Crippen MR) is 378 cm³/mol. The van der Waals surface area contributed by atoms with E-state index in [0.717, 1.165) is 22.3 Å². The summed E-state index contributed by atoms with van der Waals surface area (Å²) in [5.74, 6) is -1.72. The Kier molecular flexibility index (Phi) is 4.40. The Hall–Kier alpha value is -11.8. The third-order valence-corrected chi connectivity index (χ3v) is 29.3. The fraction of sp³-hybridized carbons (Fsp3) is 0.0805. The normalized spacial score (nSPS) is 20.0. The van der Waals surface area contributed by atoms with Gasteiger partial charge in [0.05, 0.1) is 17.9 Å². The Morgan fingerprint density at radius 2 is 0.574 bits per heavy atom. The fourth-order valence-corrected chi connectivity index (χ4v) is 28.4. The van der Waals surface area contributed by atoms with Crippen LogP contribution in [0.2, 0.25) is 0 Å². The van der Waals surface area contributed by atoms with Crippen LogP contribution in [0.1, 0.15) is 50.9 Å². The highest BCUT2D eigenvalue weighted by molar-refractivity contribution is 6.83. The molecule has 0 radical (unpaired) electrons. The highest BCUT2D eigenvalue weighted by Crippen LogP contribution is 2.88. The van der Waals surface area contributed by atoms with Gasteiger partial charge in [0.25, 0.3) is 0 Å². The Morgan fingerprint density at radius 3 is 0.862 bits per heavy atom. The largest absolute Gasteiger partial charge is 0.469 e. The highest BCUT2D eigenvalue weighted by atomic mass is 16.5. The van der Waals surface area contributed by atoms with Crippen LogP contribution in [0.15, 0.2) is 89.9 Å². The number of aliphatic imine (C=N–C) groups is 1. The van der Waals surface area contributed by atoms with E-state index in [1.807, 2.05) is 24.3 Å². The summed E-state index contributed by atoms with van der Waals surface area (Å²) >= 11 is 0. The van der Waals surface area contributed by atoms with E-state index in [-0.39, 0.29) is 13.2 Å². The van der Waals surface area contributed by atoms with Crippen LogP contribution in [0.4, 0.5) is 0 Å². The van der Waals surface area contributed by atoms with E-state index < -0.39 is 40.7 Å². The van der Waals surface area contributed by atoms with Crippen LogP contribution < -0.4 is 0 Å². The monoisotopic (exact) mass is 1180 g/mol. The van der Waals surface area contributed by atoms with Crippen molar-refractivity contribution in [2.24, 2.45) is 4.99 Å². The van der Waals surface area contributed by atoms with Crippen molar-refractivity contribution >= 4 is 314 Å². The Balaban J connectivity index is 0.869. The topological polar surface area (TPSA) is 91.3 Å². The van der Waals surface area contributed by atoms with Gasteiger partial charge in [-0.3, -0.25) is 14.6 Å². The smallest absolute Gasteiger partial charge is 0.353 e. The maximum absolute atomic E-state index is 17.7. The van der Waals surface area contributed by atoms with Gasteiger partial charge < -0.3 is 14.2 Å². The van der Waals surface area contributed by atoms with Gasteiger partial charge in [-0.05, 0) is 341 Å². The van der Waals surface area contributed by atoms with Crippen LogP contribution in [0.25, 0.3) is 291 Å². The molecule has 0 aromatic heterocycles. The standard InChI is InChI=1S/C87H23NO6/c1-92-23(89)16-24(90)93-17-19-9-8-10-20(15-19)18-94-84(91)83-85-79-71-63-53-43-35-27-25-26-29-33-31(27)39-47-41(33)51-45-37(29)38-30(26)34-32-28(25)36(35)44-50-40(32)48-42(34)52-46(38)56-55(45)67-61(51)69-59(47)65(57(63)49(39)43)73(79)75(69)81-77(67)78-68(56)62(52)70-60(48)66-58(50)64(54(44)53)72(71)80(85)74(66)76(70)82(78)86(81,85)87(88-83,21-11-4-2-5-12-21)22-13-6-3-7-14-22/h2-15H,16-18H2,1H3. The van der Waals surface area contributed by atoms with E-state index in [1.54, 1.807) is 64.6 Å². The van der Waals surface area contributed by atoms with Gasteiger partial charge in [-0.25, -0.2) is 4.79 Å². The molecule has 5 aliphatic rings. The summed E-state index contributed by atoms with van der Waals surface area (Å²) < 4.78 is 17.6. The molecular weight excluding hydrogens is 1150 g/mol. The second-order valence-corrected chi connectivity index (χ2v) is 31.0. The first kappa shape index (κ1) is 40.1. The third-order valence-electron chi connectivity index (χ3n) is 29.3. The number of esters is 3. The average molecular weight is 1180 g/mol. The minimum atomic E-state index is -1.24. The van der Waals surface area contributed by atoms with Gasteiger partial charge in [-0.1, -0.05) is 78.9 Å². The van der Waals surface area contributed by atoms with Gasteiger partial charge in [0, 0.05) is 0 Å². The van der Waals surface area contributed by atoms with E-state index in [1.165, 1.54) is 256 Å². The Labute approximate surface area is 517 Å². The van der Waals surface area contributed by atoms with Crippen molar-refractivity contribution in [3.05, 3.63) is 129 Å². The predicted octanol–water partition coefficient (Wildman–Crippen LogP) is 20.0. The fourth-order valence-electron chi connectivity index (χ4n) is 28.4. The lowest BCUT2D eigenvalue weighted by atomic mass is 9.41. The van der Waals surface area contributed by atoms with E-state index in [0.29, 0.717) is 5.71 Å². The molecule has 0 amide bonds. The molecule has 36 rings (SSSR count). The minimum Gasteiger partial charge on any atom is -0.469 e. The van der Waals surface area contributed by atoms with Crippen LogP contribution >= 0.6 is 0 Å². The molecule has 0 unspecified atom stereocenters. The second-order valence-electron chi connectivity index (χ2n) is 31.0. The molecule has 31 aromatic rings. The molecule has 94 heavy (non-hydrogen) atoms. The lowest BCUT2D eigenvalue weighted by Gasteiger charge is -2.56. The summed E-state index contributed by atoms with van der Waals surface area (Å²) in [5, 5.41) is 80.4. The number of nitrogens with zero attached hydrogens (tertiary/aromatic N) is 1. The summed E-state index contributed by atoms with van der Waals surface area (Å²) in [6.45, 7) is -0.0842. The minimum absolute atomic E-state index is 0.0367. The molecule has 1 aliphatic heterocycles. The van der Waals surface area contributed by atoms with Crippen LogP contribution in [0.3, 0.4) is 0 Å². The van der Waals surface area contributed by atoms with Crippen molar-refractivity contribution in [2.75, 3.05) is 7.11 Å². The number of rotatable bonds is 9. The molecule has 412 valence electrons. The number of carbonyl (C=O) groups excluding carboxylic acids is 3. The quantitative estimate of drug-likeness (QED) is 0.0619. The van der Waals surface area contributed by atoms with E-state index in [4.69, 9.17) is 19.2 Å². The van der Waals surface area contributed by atoms with Crippen LogP contribution in [0, 0.1) is 0 Å².